The highest BCUT2D eigenvalue weighted by molar-refractivity contribution is 7.99. The third-order valence-electron chi connectivity index (χ3n) is 5.58. The summed E-state index contributed by atoms with van der Waals surface area (Å²) in [4.78, 5) is 29.5. The zero-order chi connectivity index (χ0) is 21.5. The second kappa shape index (κ2) is 8.22. The highest BCUT2D eigenvalue weighted by atomic mass is 32.2. The molecule has 1 aromatic carbocycles. The molecule has 0 radical (unpaired) electrons. The quantitative estimate of drug-likeness (QED) is 0.328. The van der Waals surface area contributed by atoms with E-state index in [0.29, 0.717) is 12.2 Å². The Labute approximate surface area is 187 Å². The van der Waals surface area contributed by atoms with Gasteiger partial charge in [0.1, 0.15) is 10.6 Å². The molecule has 0 atom stereocenters. The van der Waals surface area contributed by atoms with Gasteiger partial charge >= 0.3 is 0 Å². The number of benzene rings is 1. The molecule has 0 fully saturated rings. The molecule has 0 saturated carbocycles. The third-order valence-corrected chi connectivity index (χ3v) is 7.80. The van der Waals surface area contributed by atoms with Crippen LogP contribution in [-0.2, 0) is 17.8 Å². The number of hydrogen-bond acceptors (Lipinski definition) is 7. The zero-order valence-electron chi connectivity index (χ0n) is 17.5. The van der Waals surface area contributed by atoms with Crippen molar-refractivity contribution in [1.82, 2.24) is 24.1 Å². The average Bonchev–Trinajstić information content (AvgIpc) is 3.33. The summed E-state index contributed by atoms with van der Waals surface area (Å²) in [5.74, 6) is 1.51. The molecular formula is C22H23N5O2S2. The molecule has 4 aromatic rings. The summed E-state index contributed by atoms with van der Waals surface area (Å²) in [6.07, 6.45) is 2.22. The first kappa shape index (κ1) is 20.4. The molecule has 0 aliphatic carbocycles. The number of nitrogens with zero attached hydrogens (tertiary/aromatic N) is 5. The first-order valence-corrected chi connectivity index (χ1v) is 12.2. The fraction of sp³-hybridized carbons (Fsp3) is 0.364. The number of rotatable bonds is 6. The van der Waals surface area contributed by atoms with Gasteiger partial charge in [0.15, 0.2) is 5.16 Å². The topological polar surface area (TPSA) is 72.5 Å². The molecule has 0 spiro atoms. The Kier molecular flexibility index (Phi) is 5.41. The number of aromatic nitrogens is 4. The lowest BCUT2D eigenvalue weighted by molar-refractivity contribution is -0.117. The summed E-state index contributed by atoms with van der Waals surface area (Å²) in [7, 11) is 2.11. The number of likely N-dealkylation sites (N-methyl/N-ethyl adjacent to an activating group) is 1. The molecule has 5 rings (SSSR count). The number of fused-ring (bicyclic) bond motifs is 5. The Morgan fingerprint density at radius 2 is 2.03 bits per heavy atom. The summed E-state index contributed by atoms with van der Waals surface area (Å²) in [6, 6.07) is 9.64. The lowest BCUT2D eigenvalue weighted by Crippen LogP contribution is -2.27. The molecule has 0 amide bonds. The largest absolute Gasteiger partial charge is 0.301 e. The molecule has 0 bridgehead atoms. The van der Waals surface area contributed by atoms with E-state index in [1.165, 1.54) is 4.88 Å². The minimum atomic E-state index is -0.0312. The molecule has 4 heterocycles. The van der Waals surface area contributed by atoms with Gasteiger partial charge in [-0.1, -0.05) is 30.0 Å². The number of carbonyl (C=O) groups is 1. The Morgan fingerprint density at radius 1 is 1.23 bits per heavy atom. The van der Waals surface area contributed by atoms with Crippen molar-refractivity contribution in [1.29, 1.82) is 0 Å². The fourth-order valence-electron chi connectivity index (χ4n) is 4.07. The monoisotopic (exact) mass is 453 g/mol. The van der Waals surface area contributed by atoms with Crippen LogP contribution in [0.15, 0.2) is 40.3 Å². The molecule has 9 heteroatoms. The number of hydrogen-bond donors (Lipinski definition) is 0. The van der Waals surface area contributed by atoms with Crippen LogP contribution in [0.3, 0.4) is 0 Å². The van der Waals surface area contributed by atoms with E-state index in [4.69, 9.17) is 0 Å². The summed E-state index contributed by atoms with van der Waals surface area (Å²) in [5, 5.41) is 10.4. The Bertz CT molecular complexity index is 1340. The maximum Gasteiger partial charge on any atom is 0.268 e. The third kappa shape index (κ3) is 3.60. The molecule has 0 saturated heterocycles. The second-order valence-corrected chi connectivity index (χ2v) is 10.1. The molecule has 0 unspecified atom stereocenters. The normalized spacial score (nSPS) is 14.4. The van der Waals surface area contributed by atoms with E-state index < -0.39 is 0 Å². The fourth-order valence-corrected chi connectivity index (χ4v) is 6.42. The van der Waals surface area contributed by atoms with E-state index in [-0.39, 0.29) is 11.3 Å². The van der Waals surface area contributed by atoms with Crippen LogP contribution in [0.2, 0.25) is 0 Å². The van der Waals surface area contributed by atoms with Crippen LogP contribution in [-0.4, -0.2) is 49.2 Å². The SMILES string of the molecule is CC(=O)CCCSc1nnc2n(-c3ccccc3)c(=O)c3c4c(sc3n12)CN(C)CC4. The van der Waals surface area contributed by atoms with Crippen LogP contribution >= 0.6 is 23.1 Å². The molecule has 1 aliphatic heterocycles. The van der Waals surface area contributed by atoms with Crippen molar-refractivity contribution in [2.75, 3.05) is 19.3 Å². The van der Waals surface area contributed by atoms with Crippen molar-refractivity contribution in [2.24, 2.45) is 0 Å². The average molecular weight is 454 g/mol. The van der Waals surface area contributed by atoms with Gasteiger partial charge < -0.3 is 9.69 Å². The van der Waals surface area contributed by atoms with Crippen LogP contribution < -0.4 is 5.56 Å². The summed E-state index contributed by atoms with van der Waals surface area (Å²) >= 11 is 3.26. The molecule has 160 valence electrons. The predicted octanol–water partition coefficient (Wildman–Crippen LogP) is 3.54. The standard InChI is InChI=1S/C22H23N5O2S2/c1-14(28)7-6-12-30-22-24-23-21-26(15-8-4-3-5-9-15)19(29)18-16-10-11-25(2)13-17(16)31-20(18)27(21)22/h3-5,8-9H,6-7,10-13H2,1-2H3. The highest BCUT2D eigenvalue weighted by Crippen LogP contribution is 2.35. The van der Waals surface area contributed by atoms with Crippen molar-refractivity contribution in [3.05, 3.63) is 51.1 Å². The van der Waals surface area contributed by atoms with Gasteiger partial charge in [-0.25, -0.2) is 8.97 Å². The van der Waals surface area contributed by atoms with Crippen molar-refractivity contribution < 1.29 is 4.79 Å². The summed E-state index contributed by atoms with van der Waals surface area (Å²) in [5.41, 5.74) is 1.92. The van der Waals surface area contributed by atoms with Gasteiger partial charge in [-0.3, -0.25) is 4.79 Å². The van der Waals surface area contributed by atoms with E-state index in [1.54, 1.807) is 34.6 Å². The minimum Gasteiger partial charge on any atom is -0.301 e. The lowest BCUT2D eigenvalue weighted by atomic mass is 10.1. The number of Topliss-reactive ketones (excluding diaryl/α,β-unsaturated/α-hetero) is 1. The molecular weight excluding hydrogens is 430 g/mol. The second-order valence-electron chi connectivity index (χ2n) is 7.92. The number of para-hydroxylation sites is 1. The van der Waals surface area contributed by atoms with Gasteiger partial charge in [0, 0.05) is 30.1 Å². The van der Waals surface area contributed by atoms with Crippen molar-refractivity contribution in [2.45, 2.75) is 37.9 Å². The van der Waals surface area contributed by atoms with Crippen molar-refractivity contribution >= 4 is 44.9 Å². The maximum atomic E-state index is 13.7. The molecule has 31 heavy (non-hydrogen) atoms. The minimum absolute atomic E-state index is 0.0312. The molecule has 0 N–H and O–H groups in total. The van der Waals surface area contributed by atoms with E-state index >= 15 is 0 Å². The van der Waals surface area contributed by atoms with Crippen molar-refractivity contribution in [3.8, 4) is 5.69 Å². The van der Waals surface area contributed by atoms with Gasteiger partial charge in [-0.2, -0.15) is 0 Å². The van der Waals surface area contributed by atoms with E-state index in [9.17, 15) is 9.59 Å². The number of ketones is 1. The van der Waals surface area contributed by atoms with Crippen LogP contribution in [0.25, 0.3) is 21.7 Å². The summed E-state index contributed by atoms with van der Waals surface area (Å²) < 4.78 is 3.71. The first-order chi connectivity index (χ1) is 15.0. The van der Waals surface area contributed by atoms with Crippen LogP contribution in [0.4, 0.5) is 0 Å². The van der Waals surface area contributed by atoms with E-state index in [0.717, 1.165) is 58.3 Å². The van der Waals surface area contributed by atoms with Crippen LogP contribution in [0, 0.1) is 0 Å². The smallest absolute Gasteiger partial charge is 0.268 e. The Hall–Kier alpha value is -2.49. The van der Waals surface area contributed by atoms with Crippen LogP contribution in [0.5, 0.6) is 0 Å². The number of carbonyl (C=O) groups excluding carboxylic acids is 1. The highest BCUT2D eigenvalue weighted by Gasteiger charge is 2.26. The molecule has 7 nitrogen and oxygen atoms in total. The van der Waals surface area contributed by atoms with Crippen LogP contribution in [0.1, 0.15) is 30.2 Å². The lowest BCUT2D eigenvalue weighted by Gasteiger charge is -2.21. The summed E-state index contributed by atoms with van der Waals surface area (Å²) in [6.45, 7) is 3.41. The number of thiophene rings is 1. The van der Waals surface area contributed by atoms with Gasteiger partial charge in [0.05, 0.1) is 11.1 Å². The molecule has 1 aliphatic rings. The molecule has 3 aromatic heterocycles. The van der Waals surface area contributed by atoms with Gasteiger partial charge in [0.2, 0.25) is 5.78 Å². The Balaban J connectivity index is 1.74. The zero-order valence-corrected chi connectivity index (χ0v) is 19.1. The Morgan fingerprint density at radius 3 is 2.81 bits per heavy atom. The van der Waals surface area contributed by atoms with Gasteiger partial charge in [-0.15, -0.1) is 21.5 Å². The van der Waals surface area contributed by atoms with Gasteiger partial charge in [0.25, 0.3) is 5.56 Å². The van der Waals surface area contributed by atoms with E-state index in [2.05, 4.69) is 22.1 Å². The first-order valence-electron chi connectivity index (χ1n) is 10.3. The predicted molar refractivity (Wildman–Crippen MR) is 125 cm³/mol. The number of thioether (sulfide) groups is 1. The van der Waals surface area contributed by atoms with Crippen molar-refractivity contribution in [3.63, 3.8) is 0 Å². The van der Waals surface area contributed by atoms with Gasteiger partial charge in [-0.05, 0) is 44.5 Å². The van der Waals surface area contributed by atoms with E-state index in [1.807, 2.05) is 34.7 Å². The maximum absolute atomic E-state index is 13.7.